The van der Waals surface area contributed by atoms with Gasteiger partial charge in [0.25, 0.3) is 0 Å². The topological polar surface area (TPSA) is 34.3 Å². The highest BCUT2D eigenvalue weighted by molar-refractivity contribution is 5.28. The zero-order chi connectivity index (χ0) is 16.2. The number of allylic oxidation sites excluding steroid dienone is 2. The van der Waals surface area contributed by atoms with Crippen molar-refractivity contribution in [2.24, 2.45) is 0 Å². The number of hydrogen-bond acceptors (Lipinski definition) is 3. The zero-order valence-corrected chi connectivity index (χ0v) is 15.0. The van der Waals surface area contributed by atoms with Crippen molar-refractivity contribution in [3.05, 3.63) is 22.8 Å². The molecule has 0 aromatic carbocycles. The lowest BCUT2D eigenvalue weighted by atomic mass is 9.88. The monoisotopic (exact) mass is 318 g/mol. The molecule has 4 rings (SSSR count). The van der Waals surface area contributed by atoms with Crippen molar-refractivity contribution in [3.8, 4) is 0 Å². The van der Waals surface area contributed by atoms with Crippen molar-refractivity contribution in [2.45, 2.75) is 95.7 Å². The first-order chi connectivity index (χ1) is 10.9. The summed E-state index contributed by atoms with van der Waals surface area (Å²) >= 11 is 0. The molecular weight excluding hydrogens is 288 g/mol. The summed E-state index contributed by atoms with van der Waals surface area (Å²) in [4.78, 5) is 0. The van der Waals surface area contributed by atoms with Gasteiger partial charge in [0.15, 0.2) is 0 Å². The standard InChI is InChI=1S/C20H30O3/c1-13-6-5-10-20(4)18(23-20)17-15(14(2)12-21-17)9-11-19(3)16(22-19)8-7-13/h6,16-18H,5,7-12H2,1-4H3. The maximum Gasteiger partial charge on any atom is 0.117 e. The summed E-state index contributed by atoms with van der Waals surface area (Å²) < 4.78 is 18.3. The van der Waals surface area contributed by atoms with Crippen LogP contribution in [0, 0.1) is 0 Å². The molecule has 0 aromatic heterocycles. The van der Waals surface area contributed by atoms with Crippen LogP contribution in [0.5, 0.6) is 0 Å². The van der Waals surface area contributed by atoms with Crippen molar-refractivity contribution >= 4 is 0 Å². The number of fused-ring (bicyclic) bond motifs is 4. The summed E-state index contributed by atoms with van der Waals surface area (Å²) in [7, 11) is 0. The van der Waals surface area contributed by atoms with Crippen molar-refractivity contribution in [2.75, 3.05) is 6.61 Å². The van der Waals surface area contributed by atoms with Gasteiger partial charge in [-0.2, -0.15) is 0 Å². The predicted octanol–water partition coefficient (Wildman–Crippen LogP) is 4.32. The highest BCUT2D eigenvalue weighted by Crippen LogP contribution is 2.50. The minimum atomic E-state index is 0.00392. The van der Waals surface area contributed by atoms with Crippen LogP contribution in [0.15, 0.2) is 22.8 Å². The van der Waals surface area contributed by atoms with Crippen LogP contribution in [0.2, 0.25) is 0 Å². The van der Waals surface area contributed by atoms with Gasteiger partial charge in [-0.25, -0.2) is 0 Å². The van der Waals surface area contributed by atoms with Crippen molar-refractivity contribution in [1.29, 1.82) is 0 Å². The van der Waals surface area contributed by atoms with E-state index in [4.69, 9.17) is 14.2 Å². The fourth-order valence-electron chi connectivity index (χ4n) is 4.44. The molecule has 128 valence electrons. The van der Waals surface area contributed by atoms with Crippen LogP contribution in [-0.4, -0.2) is 36.1 Å². The summed E-state index contributed by atoms with van der Waals surface area (Å²) in [6, 6.07) is 0. The van der Waals surface area contributed by atoms with E-state index in [0.29, 0.717) is 6.10 Å². The Kier molecular flexibility index (Phi) is 3.75. The molecule has 3 heterocycles. The van der Waals surface area contributed by atoms with Crippen molar-refractivity contribution in [3.63, 3.8) is 0 Å². The van der Waals surface area contributed by atoms with Crippen molar-refractivity contribution in [1.82, 2.24) is 0 Å². The average molecular weight is 318 g/mol. The molecule has 4 aliphatic rings. The van der Waals surface area contributed by atoms with Crippen LogP contribution in [0.1, 0.15) is 66.2 Å². The molecule has 5 atom stereocenters. The molecule has 0 spiro atoms. The van der Waals surface area contributed by atoms with Gasteiger partial charge in [0.05, 0.1) is 23.9 Å². The van der Waals surface area contributed by atoms with Gasteiger partial charge in [-0.05, 0) is 77.4 Å². The molecule has 0 N–H and O–H groups in total. The average Bonchev–Trinajstić information content (AvgIpc) is 3.30. The van der Waals surface area contributed by atoms with Gasteiger partial charge in [0.2, 0.25) is 0 Å². The van der Waals surface area contributed by atoms with E-state index in [-0.39, 0.29) is 23.4 Å². The third-order valence-corrected chi connectivity index (χ3v) is 6.45. The van der Waals surface area contributed by atoms with Gasteiger partial charge in [-0.15, -0.1) is 0 Å². The Morgan fingerprint density at radius 2 is 1.87 bits per heavy atom. The minimum Gasteiger partial charge on any atom is -0.367 e. The first-order valence-electron chi connectivity index (χ1n) is 9.23. The largest absolute Gasteiger partial charge is 0.367 e. The first-order valence-corrected chi connectivity index (χ1v) is 9.23. The first kappa shape index (κ1) is 15.9. The maximum absolute atomic E-state index is 6.12. The van der Waals surface area contributed by atoms with E-state index >= 15 is 0 Å². The van der Waals surface area contributed by atoms with E-state index in [1.54, 1.807) is 0 Å². The van der Waals surface area contributed by atoms with E-state index < -0.39 is 0 Å². The van der Waals surface area contributed by atoms with E-state index in [1.807, 2.05) is 0 Å². The number of ether oxygens (including phenoxy) is 3. The highest BCUT2D eigenvalue weighted by atomic mass is 16.6. The lowest BCUT2D eigenvalue weighted by Gasteiger charge is -2.16. The molecule has 3 aliphatic heterocycles. The Labute approximate surface area is 140 Å². The summed E-state index contributed by atoms with van der Waals surface area (Å²) in [5, 5.41) is 0. The van der Waals surface area contributed by atoms with Gasteiger partial charge in [-0.1, -0.05) is 11.6 Å². The highest BCUT2D eigenvalue weighted by Gasteiger charge is 2.58. The summed E-state index contributed by atoms with van der Waals surface area (Å²) in [5.74, 6) is 0. The van der Waals surface area contributed by atoms with Crippen LogP contribution >= 0.6 is 0 Å². The SMILES string of the molecule is CC1=CCCC2(C)OC2C2OCC(C)=C2CCC2(C)OC2CC1. The van der Waals surface area contributed by atoms with Gasteiger partial charge in [-0.3, -0.25) is 0 Å². The quantitative estimate of drug-likeness (QED) is 0.493. The fourth-order valence-corrected chi connectivity index (χ4v) is 4.44. The van der Waals surface area contributed by atoms with E-state index in [1.165, 1.54) is 16.7 Å². The molecule has 2 saturated heterocycles. The Balaban J connectivity index is 1.54. The Bertz CT molecular complexity index is 563. The lowest BCUT2D eigenvalue weighted by molar-refractivity contribution is 0.0922. The molecular formula is C20H30O3. The van der Waals surface area contributed by atoms with E-state index in [2.05, 4.69) is 33.8 Å². The van der Waals surface area contributed by atoms with Crippen LogP contribution in [0.25, 0.3) is 0 Å². The second-order valence-electron chi connectivity index (χ2n) is 8.44. The number of rotatable bonds is 0. The maximum atomic E-state index is 6.12. The van der Waals surface area contributed by atoms with Gasteiger partial charge >= 0.3 is 0 Å². The normalized spacial score (nSPS) is 47.1. The predicted molar refractivity (Wildman–Crippen MR) is 90.5 cm³/mol. The third-order valence-electron chi connectivity index (χ3n) is 6.45. The molecule has 0 radical (unpaired) electrons. The van der Waals surface area contributed by atoms with Gasteiger partial charge < -0.3 is 14.2 Å². The van der Waals surface area contributed by atoms with Crippen LogP contribution < -0.4 is 0 Å². The Hall–Kier alpha value is -0.640. The van der Waals surface area contributed by atoms with Crippen molar-refractivity contribution < 1.29 is 14.2 Å². The van der Waals surface area contributed by atoms with Crippen LogP contribution in [0.3, 0.4) is 0 Å². The molecule has 0 saturated carbocycles. The summed E-state index contributed by atoms with van der Waals surface area (Å²) in [5.41, 5.74) is 4.48. The molecule has 0 amide bonds. The minimum absolute atomic E-state index is 0.00392. The number of hydrogen-bond donors (Lipinski definition) is 0. The van der Waals surface area contributed by atoms with Crippen LogP contribution in [0.4, 0.5) is 0 Å². The smallest absolute Gasteiger partial charge is 0.117 e. The Morgan fingerprint density at radius 3 is 2.70 bits per heavy atom. The second-order valence-corrected chi connectivity index (χ2v) is 8.44. The van der Waals surface area contributed by atoms with Gasteiger partial charge in [0.1, 0.15) is 12.2 Å². The molecule has 23 heavy (non-hydrogen) atoms. The van der Waals surface area contributed by atoms with E-state index in [0.717, 1.165) is 45.1 Å². The fraction of sp³-hybridized carbons (Fsp3) is 0.800. The second kappa shape index (κ2) is 5.44. The Morgan fingerprint density at radius 1 is 1.04 bits per heavy atom. The van der Waals surface area contributed by atoms with Crippen LogP contribution in [-0.2, 0) is 14.2 Å². The lowest BCUT2D eigenvalue weighted by Crippen LogP contribution is -2.25. The molecule has 5 unspecified atom stereocenters. The molecule has 2 fully saturated rings. The molecule has 1 aliphatic carbocycles. The zero-order valence-electron chi connectivity index (χ0n) is 15.0. The summed E-state index contributed by atoms with van der Waals surface area (Å²) in [6.07, 6.45) is 9.98. The molecule has 3 heteroatoms. The number of epoxide rings is 2. The molecule has 0 aromatic rings. The van der Waals surface area contributed by atoms with E-state index in [9.17, 15) is 0 Å². The van der Waals surface area contributed by atoms with Gasteiger partial charge in [0, 0.05) is 0 Å². The third kappa shape index (κ3) is 2.92. The summed E-state index contributed by atoms with van der Waals surface area (Å²) in [6.45, 7) is 9.78. The molecule has 0 bridgehead atoms. The molecule has 3 nitrogen and oxygen atoms in total.